The molecule has 0 spiro atoms. The lowest BCUT2D eigenvalue weighted by molar-refractivity contribution is -0.131. The van der Waals surface area contributed by atoms with Crippen molar-refractivity contribution in [3.63, 3.8) is 0 Å². The largest absolute Gasteiger partial charge is 0.545 e. The van der Waals surface area contributed by atoms with Crippen molar-refractivity contribution in [1.82, 2.24) is 0 Å². The molecule has 0 atom stereocenters. The van der Waals surface area contributed by atoms with Gasteiger partial charge < -0.3 is 17.3 Å². The van der Waals surface area contributed by atoms with Crippen molar-refractivity contribution in [2.45, 2.75) is 46.1 Å². The lowest BCUT2D eigenvalue weighted by Gasteiger charge is -2.29. The fraction of sp³-hybridized carbons (Fsp3) is 1.00. The number of hydrogen-bond donors (Lipinski definition) is 0. The molecular weight excluding hydrogens is 127 g/mol. The molecular formula is C7H15BO2-. The van der Waals surface area contributed by atoms with Crippen molar-refractivity contribution in [2.24, 2.45) is 0 Å². The van der Waals surface area contributed by atoms with E-state index in [-0.39, 0.29) is 12.2 Å². The van der Waals surface area contributed by atoms with Crippen LogP contribution in [-0.2, 0) is 9.47 Å². The zero-order chi connectivity index (χ0) is 8.15. The smallest absolute Gasteiger partial charge is 0.0502 e. The first kappa shape index (κ1) is 9.98. The molecule has 0 rings (SSSR count). The van der Waals surface area contributed by atoms with Crippen molar-refractivity contribution in [1.29, 1.82) is 0 Å². The van der Waals surface area contributed by atoms with Crippen LogP contribution in [0.25, 0.3) is 0 Å². The molecule has 0 aliphatic heterocycles. The van der Waals surface area contributed by atoms with Crippen LogP contribution in [0.3, 0.4) is 0 Å². The van der Waals surface area contributed by atoms with Gasteiger partial charge in [-0.1, -0.05) is 6.19 Å². The predicted molar refractivity (Wildman–Crippen MR) is 42.0 cm³/mol. The molecule has 0 heterocycles. The highest BCUT2D eigenvalue weighted by Gasteiger charge is 1.96. The minimum atomic E-state index is -0.583. The Labute approximate surface area is 64.3 Å². The molecule has 3 heteroatoms. The van der Waals surface area contributed by atoms with Crippen molar-refractivity contribution in [3.8, 4) is 0 Å². The average Bonchev–Trinajstić information content (AvgIpc) is 1.58. The van der Waals surface area contributed by atoms with E-state index < -0.39 is 6.19 Å². The normalized spacial score (nSPS) is 12.0. The van der Waals surface area contributed by atoms with Crippen LogP contribution in [-0.4, -0.2) is 26.2 Å². The summed E-state index contributed by atoms with van der Waals surface area (Å²) in [6.45, 7) is 7.68. The highest BCUT2D eigenvalue weighted by molar-refractivity contribution is 6.10. The minimum Gasteiger partial charge on any atom is -0.545 e. The fourth-order valence-electron chi connectivity index (χ4n) is 0.569. The molecule has 0 aromatic heterocycles. The van der Waals surface area contributed by atoms with Gasteiger partial charge in [0.05, 0.1) is 12.2 Å². The Morgan fingerprint density at radius 3 is 1.40 bits per heavy atom. The summed E-state index contributed by atoms with van der Waals surface area (Å²) in [6, 6.07) is 0. The molecule has 59 valence electrons. The zero-order valence-corrected chi connectivity index (χ0v) is 7.13. The van der Waals surface area contributed by atoms with E-state index in [0.717, 1.165) is 0 Å². The van der Waals surface area contributed by atoms with E-state index in [0.29, 0.717) is 0 Å². The molecule has 0 saturated carbocycles. The average molecular weight is 142 g/mol. The second kappa shape index (κ2) is 4.75. The van der Waals surface area contributed by atoms with Gasteiger partial charge in [0.2, 0.25) is 0 Å². The van der Waals surface area contributed by atoms with Gasteiger partial charge in [-0.15, -0.1) is 0 Å². The highest BCUT2D eigenvalue weighted by Crippen LogP contribution is 1.99. The van der Waals surface area contributed by atoms with E-state index in [9.17, 15) is 0 Å². The SMILES string of the molecule is [B-]C(OC(C)C)OC(C)C. The fourth-order valence-corrected chi connectivity index (χ4v) is 0.569. The maximum absolute atomic E-state index is 5.43. The van der Waals surface area contributed by atoms with Gasteiger partial charge in [0.15, 0.2) is 0 Å². The standard InChI is InChI=1S/C7H15BO2/c1-5(2)9-7(8)10-6(3)4/h5-7H,1-4H3/q-1. The van der Waals surface area contributed by atoms with Gasteiger partial charge in [-0.2, -0.15) is 0 Å². The van der Waals surface area contributed by atoms with Crippen molar-refractivity contribution < 1.29 is 9.47 Å². The molecule has 0 aliphatic carbocycles. The van der Waals surface area contributed by atoms with Crippen LogP contribution < -0.4 is 0 Å². The van der Waals surface area contributed by atoms with Crippen molar-refractivity contribution in [2.75, 3.05) is 0 Å². The molecule has 0 aromatic carbocycles. The van der Waals surface area contributed by atoms with Crippen LogP contribution in [0.2, 0.25) is 0 Å². The molecule has 0 unspecified atom stereocenters. The molecule has 0 N–H and O–H groups in total. The van der Waals surface area contributed by atoms with Crippen LogP contribution >= 0.6 is 0 Å². The van der Waals surface area contributed by atoms with Gasteiger partial charge in [-0.05, 0) is 27.7 Å². The Balaban J connectivity index is 3.34. The number of hydrogen-bond acceptors (Lipinski definition) is 2. The van der Waals surface area contributed by atoms with E-state index in [1.807, 2.05) is 27.7 Å². The molecule has 0 saturated heterocycles. The van der Waals surface area contributed by atoms with E-state index in [1.165, 1.54) is 0 Å². The Bertz CT molecular complexity index is 73.7. The summed E-state index contributed by atoms with van der Waals surface area (Å²) in [5.74, 6) is 0. The second-order valence-corrected chi connectivity index (χ2v) is 2.74. The Kier molecular flexibility index (Phi) is 4.74. The number of ether oxygens (including phenoxy) is 2. The van der Waals surface area contributed by atoms with Gasteiger partial charge in [0.1, 0.15) is 0 Å². The van der Waals surface area contributed by atoms with Crippen LogP contribution in [0.15, 0.2) is 0 Å². The second-order valence-electron chi connectivity index (χ2n) is 2.74. The van der Waals surface area contributed by atoms with Crippen molar-refractivity contribution in [3.05, 3.63) is 0 Å². The molecule has 0 fully saturated rings. The Hall–Kier alpha value is -0.0151. The molecule has 10 heavy (non-hydrogen) atoms. The first-order valence-corrected chi connectivity index (χ1v) is 3.59. The first-order chi connectivity index (χ1) is 4.52. The van der Waals surface area contributed by atoms with E-state index in [2.05, 4.69) is 0 Å². The van der Waals surface area contributed by atoms with Gasteiger partial charge in [0, 0.05) is 0 Å². The van der Waals surface area contributed by atoms with Gasteiger partial charge in [-0.25, -0.2) is 0 Å². The molecule has 0 aromatic rings. The topological polar surface area (TPSA) is 18.5 Å². The van der Waals surface area contributed by atoms with E-state index in [1.54, 1.807) is 0 Å². The van der Waals surface area contributed by atoms with Crippen LogP contribution in [0.4, 0.5) is 0 Å². The summed E-state index contributed by atoms with van der Waals surface area (Å²) in [7, 11) is 5.43. The zero-order valence-electron chi connectivity index (χ0n) is 7.13. The quantitative estimate of drug-likeness (QED) is 0.434. The third kappa shape index (κ3) is 6.11. The van der Waals surface area contributed by atoms with Crippen molar-refractivity contribution >= 4 is 7.85 Å². The summed E-state index contributed by atoms with van der Waals surface area (Å²) in [5.41, 5.74) is 0. The summed E-state index contributed by atoms with van der Waals surface area (Å²) in [6.07, 6.45) is -0.345. The third-order valence-corrected chi connectivity index (χ3v) is 0.813. The summed E-state index contributed by atoms with van der Waals surface area (Å²) in [5, 5.41) is 0. The monoisotopic (exact) mass is 142 g/mol. The maximum atomic E-state index is 5.43. The molecule has 0 aliphatic rings. The molecule has 2 nitrogen and oxygen atoms in total. The predicted octanol–water partition coefficient (Wildman–Crippen LogP) is 1.29. The Morgan fingerprint density at radius 1 is 0.900 bits per heavy atom. The molecule has 0 bridgehead atoms. The number of rotatable bonds is 4. The summed E-state index contributed by atoms with van der Waals surface area (Å²) >= 11 is 0. The summed E-state index contributed by atoms with van der Waals surface area (Å²) < 4.78 is 10.2. The van der Waals surface area contributed by atoms with Gasteiger partial charge >= 0.3 is 0 Å². The van der Waals surface area contributed by atoms with E-state index in [4.69, 9.17) is 17.3 Å². The van der Waals surface area contributed by atoms with Crippen LogP contribution in [0, 0.1) is 0 Å². The minimum absolute atomic E-state index is 0.119. The summed E-state index contributed by atoms with van der Waals surface area (Å²) in [4.78, 5) is 0. The highest BCUT2D eigenvalue weighted by atomic mass is 16.7. The molecule has 0 amide bonds. The van der Waals surface area contributed by atoms with Gasteiger partial charge in [-0.3, -0.25) is 0 Å². The first-order valence-electron chi connectivity index (χ1n) is 3.59. The maximum Gasteiger partial charge on any atom is 0.0502 e. The lowest BCUT2D eigenvalue weighted by atomic mass is 10.1. The Morgan fingerprint density at radius 2 is 1.20 bits per heavy atom. The molecule has 3 radical (unpaired) electrons. The third-order valence-electron chi connectivity index (χ3n) is 0.813. The lowest BCUT2D eigenvalue weighted by Crippen LogP contribution is -2.24. The van der Waals surface area contributed by atoms with E-state index >= 15 is 0 Å². The van der Waals surface area contributed by atoms with Crippen LogP contribution in [0.1, 0.15) is 27.7 Å². The van der Waals surface area contributed by atoms with Crippen LogP contribution in [0.5, 0.6) is 0 Å². The van der Waals surface area contributed by atoms with Gasteiger partial charge in [0.25, 0.3) is 0 Å².